The van der Waals surface area contributed by atoms with E-state index in [0.717, 1.165) is 5.56 Å². The van der Waals surface area contributed by atoms with Crippen LogP contribution in [0.3, 0.4) is 0 Å². The number of rotatable bonds is 6. The van der Waals surface area contributed by atoms with Gasteiger partial charge in [0.1, 0.15) is 0 Å². The molecule has 126 valence electrons. The largest absolute Gasteiger partial charge is 0.457 e. The molecule has 0 amide bonds. The zero-order valence-electron chi connectivity index (χ0n) is 13.7. The number of Topliss-reactive ketones (excluding diaryl/α,β-unsaturated/α-hetero) is 1. The van der Waals surface area contributed by atoms with Crippen molar-refractivity contribution in [1.29, 1.82) is 0 Å². The number of benzene rings is 1. The van der Waals surface area contributed by atoms with Gasteiger partial charge in [-0.1, -0.05) is 43.5 Å². The van der Waals surface area contributed by atoms with Crippen molar-refractivity contribution in [3.63, 3.8) is 0 Å². The fraction of sp³-hybridized carbons (Fsp3) is 0.400. The fourth-order valence-electron chi connectivity index (χ4n) is 3.22. The Kier molecular flexibility index (Phi) is 5.81. The topological polar surface area (TPSA) is 43.4 Å². The number of ketones is 1. The van der Waals surface area contributed by atoms with Gasteiger partial charge in [-0.15, -0.1) is 0 Å². The summed E-state index contributed by atoms with van der Waals surface area (Å²) in [5.41, 5.74) is 2.85. The summed E-state index contributed by atoms with van der Waals surface area (Å²) in [6, 6.07) is 9.71. The molecule has 4 heteroatoms. The molecule has 1 aliphatic carbocycles. The van der Waals surface area contributed by atoms with Gasteiger partial charge in [-0.2, -0.15) is 11.3 Å². The van der Waals surface area contributed by atoms with E-state index in [-0.39, 0.29) is 24.8 Å². The monoisotopic (exact) mass is 342 g/mol. The number of ether oxygens (including phenoxy) is 1. The van der Waals surface area contributed by atoms with Gasteiger partial charge in [0, 0.05) is 5.56 Å². The number of hydrogen-bond donors (Lipinski definition) is 0. The van der Waals surface area contributed by atoms with Gasteiger partial charge >= 0.3 is 5.97 Å². The first-order chi connectivity index (χ1) is 11.7. The maximum atomic E-state index is 12.2. The molecule has 1 fully saturated rings. The second kappa shape index (κ2) is 8.25. The van der Waals surface area contributed by atoms with Gasteiger partial charge in [-0.3, -0.25) is 9.59 Å². The van der Waals surface area contributed by atoms with E-state index in [4.69, 9.17) is 4.74 Å². The molecule has 2 aromatic rings. The van der Waals surface area contributed by atoms with Gasteiger partial charge in [0.05, 0.1) is 6.42 Å². The van der Waals surface area contributed by atoms with Gasteiger partial charge in [0.2, 0.25) is 0 Å². The van der Waals surface area contributed by atoms with Crippen LogP contribution >= 0.6 is 11.3 Å². The predicted octanol–water partition coefficient (Wildman–Crippen LogP) is 4.76. The quantitative estimate of drug-likeness (QED) is 0.561. The third-order valence-electron chi connectivity index (χ3n) is 4.60. The van der Waals surface area contributed by atoms with Crippen LogP contribution in [-0.4, -0.2) is 18.4 Å². The van der Waals surface area contributed by atoms with E-state index in [1.165, 1.54) is 37.7 Å². The zero-order chi connectivity index (χ0) is 16.8. The molecule has 0 N–H and O–H groups in total. The average Bonchev–Trinajstić information content (AvgIpc) is 3.13. The van der Waals surface area contributed by atoms with Crippen molar-refractivity contribution in [3.05, 3.63) is 57.8 Å². The third-order valence-corrected chi connectivity index (χ3v) is 5.33. The van der Waals surface area contributed by atoms with Crippen LogP contribution in [0.2, 0.25) is 0 Å². The van der Waals surface area contributed by atoms with Gasteiger partial charge in [0.25, 0.3) is 0 Å². The highest BCUT2D eigenvalue weighted by Gasteiger charge is 2.16. The van der Waals surface area contributed by atoms with E-state index in [1.54, 1.807) is 11.3 Å². The fourth-order valence-corrected chi connectivity index (χ4v) is 3.89. The Bertz CT molecular complexity index is 667. The molecule has 1 aliphatic rings. The lowest BCUT2D eigenvalue weighted by atomic mass is 9.84. The molecule has 1 saturated carbocycles. The summed E-state index contributed by atoms with van der Waals surface area (Å²) in [6.07, 6.45) is 6.64. The zero-order valence-corrected chi connectivity index (χ0v) is 14.5. The highest BCUT2D eigenvalue weighted by atomic mass is 32.1. The predicted molar refractivity (Wildman–Crippen MR) is 95.6 cm³/mol. The van der Waals surface area contributed by atoms with Crippen LogP contribution in [0, 0.1) is 0 Å². The van der Waals surface area contributed by atoms with Crippen LogP contribution in [0.4, 0.5) is 0 Å². The van der Waals surface area contributed by atoms with Gasteiger partial charge in [0.15, 0.2) is 12.4 Å². The molecule has 0 atom stereocenters. The molecule has 1 aromatic carbocycles. The SMILES string of the molecule is O=C(Cc1ccsc1)OCC(=O)c1ccc(C2CCCCC2)cc1. The first-order valence-corrected chi connectivity index (χ1v) is 9.46. The molecule has 1 aromatic heterocycles. The van der Waals surface area contributed by atoms with Crippen molar-refractivity contribution in [2.24, 2.45) is 0 Å². The lowest BCUT2D eigenvalue weighted by Crippen LogP contribution is -2.15. The lowest BCUT2D eigenvalue weighted by Gasteiger charge is -2.22. The molecule has 0 unspecified atom stereocenters. The highest BCUT2D eigenvalue weighted by molar-refractivity contribution is 7.07. The first kappa shape index (κ1) is 16.9. The molecule has 0 radical (unpaired) electrons. The Morgan fingerprint density at radius 3 is 2.46 bits per heavy atom. The van der Waals surface area contributed by atoms with Crippen LogP contribution in [0.25, 0.3) is 0 Å². The smallest absolute Gasteiger partial charge is 0.310 e. The maximum absolute atomic E-state index is 12.2. The normalized spacial score (nSPS) is 15.2. The minimum Gasteiger partial charge on any atom is -0.457 e. The Hall–Kier alpha value is -1.94. The molecule has 0 bridgehead atoms. The maximum Gasteiger partial charge on any atom is 0.310 e. The highest BCUT2D eigenvalue weighted by Crippen LogP contribution is 2.32. The molecule has 0 spiro atoms. The van der Waals surface area contributed by atoms with Crippen molar-refractivity contribution >= 4 is 23.1 Å². The first-order valence-electron chi connectivity index (χ1n) is 8.52. The summed E-state index contributed by atoms with van der Waals surface area (Å²) < 4.78 is 5.09. The van der Waals surface area contributed by atoms with Crippen molar-refractivity contribution in [1.82, 2.24) is 0 Å². The summed E-state index contributed by atoms with van der Waals surface area (Å²) in [6.45, 7) is -0.189. The van der Waals surface area contributed by atoms with E-state index < -0.39 is 0 Å². The van der Waals surface area contributed by atoms with Crippen LogP contribution in [0.1, 0.15) is 59.5 Å². The minimum atomic E-state index is -0.361. The molecular formula is C20H22O3S. The van der Waals surface area contributed by atoms with Crippen LogP contribution in [0.15, 0.2) is 41.1 Å². The van der Waals surface area contributed by atoms with Gasteiger partial charge in [-0.05, 0) is 46.7 Å². The Morgan fingerprint density at radius 1 is 1.04 bits per heavy atom. The van der Waals surface area contributed by atoms with Gasteiger partial charge < -0.3 is 4.74 Å². The van der Waals surface area contributed by atoms with E-state index in [1.807, 2.05) is 29.0 Å². The molecular weight excluding hydrogens is 320 g/mol. The molecule has 24 heavy (non-hydrogen) atoms. The van der Waals surface area contributed by atoms with Crippen molar-refractivity contribution < 1.29 is 14.3 Å². The molecule has 3 rings (SSSR count). The Labute approximate surface area is 146 Å². The summed E-state index contributed by atoms with van der Waals surface area (Å²) in [5.74, 6) is 0.121. The number of esters is 1. The number of thiophene rings is 1. The van der Waals surface area contributed by atoms with Crippen molar-refractivity contribution in [3.8, 4) is 0 Å². The Morgan fingerprint density at radius 2 is 1.79 bits per heavy atom. The summed E-state index contributed by atoms with van der Waals surface area (Å²) in [5, 5.41) is 3.83. The third kappa shape index (κ3) is 4.54. The van der Waals surface area contributed by atoms with E-state index in [0.29, 0.717) is 11.5 Å². The van der Waals surface area contributed by atoms with E-state index in [9.17, 15) is 9.59 Å². The summed E-state index contributed by atoms with van der Waals surface area (Å²) in [4.78, 5) is 23.9. The molecule has 0 saturated heterocycles. The average molecular weight is 342 g/mol. The number of carbonyl (C=O) groups is 2. The van der Waals surface area contributed by atoms with Crippen LogP contribution in [-0.2, 0) is 16.0 Å². The standard InChI is InChI=1S/C20H22O3S/c21-19(13-23-20(22)12-15-10-11-24-14-15)18-8-6-17(7-9-18)16-4-2-1-3-5-16/h6-11,14,16H,1-5,12-13H2. The summed E-state index contributed by atoms with van der Waals surface area (Å²) >= 11 is 1.54. The molecule has 1 heterocycles. The van der Waals surface area contributed by atoms with E-state index in [2.05, 4.69) is 12.1 Å². The lowest BCUT2D eigenvalue weighted by molar-refractivity contribution is -0.141. The van der Waals surface area contributed by atoms with Gasteiger partial charge in [-0.25, -0.2) is 0 Å². The van der Waals surface area contributed by atoms with Crippen molar-refractivity contribution in [2.75, 3.05) is 6.61 Å². The Balaban J connectivity index is 1.50. The second-order valence-corrected chi connectivity index (χ2v) is 7.13. The second-order valence-electron chi connectivity index (χ2n) is 6.35. The minimum absolute atomic E-state index is 0.149. The summed E-state index contributed by atoms with van der Waals surface area (Å²) in [7, 11) is 0. The molecule has 3 nitrogen and oxygen atoms in total. The molecule has 0 aliphatic heterocycles. The van der Waals surface area contributed by atoms with Crippen LogP contribution < -0.4 is 0 Å². The number of hydrogen-bond acceptors (Lipinski definition) is 4. The van der Waals surface area contributed by atoms with Crippen LogP contribution in [0.5, 0.6) is 0 Å². The van der Waals surface area contributed by atoms with Crippen molar-refractivity contribution in [2.45, 2.75) is 44.4 Å². The number of carbonyl (C=O) groups excluding carboxylic acids is 2. The van der Waals surface area contributed by atoms with E-state index >= 15 is 0 Å².